The minimum absolute atomic E-state index is 0.0406. The van der Waals surface area contributed by atoms with Crippen molar-refractivity contribution in [2.45, 2.75) is 129 Å². The van der Waals surface area contributed by atoms with Crippen molar-refractivity contribution in [2.75, 3.05) is 19.8 Å². The van der Waals surface area contributed by atoms with Crippen LogP contribution in [0.1, 0.15) is 103 Å². The van der Waals surface area contributed by atoms with Gasteiger partial charge in [0.15, 0.2) is 0 Å². The number of primary amides is 1. The predicted molar refractivity (Wildman–Crippen MR) is 196 cm³/mol. The summed E-state index contributed by atoms with van der Waals surface area (Å²) in [6, 6.07) is 6.09. The Kier molecular flexibility index (Phi) is 16.8. The van der Waals surface area contributed by atoms with Gasteiger partial charge in [-0.25, -0.2) is 4.98 Å². The third kappa shape index (κ3) is 13.7. The van der Waals surface area contributed by atoms with E-state index in [2.05, 4.69) is 15.6 Å². The number of rotatable bonds is 21. The van der Waals surface area contributed by atoms with Crippen LogP contribution in [-0.2, 0) is 30.5 Å². The van der Waals surface area contributed by atoms with Gasteiger partial charge < -0.3 is 36.8 Å². The Morgan fingerprint density at radius 1 is 1.04 bits per heavy atom. The lowest BCUT2D eigenvalue weighted by Gasteiger charge is -2.35. The molecule has 1 aliphatic heterocycles. The van der Waals surface area contributed by atoms with E-state index < -0.39 is 23.6 Å². The molecule has 0 radical (unpaired) electrons. The molecule has 1 saturated heterocycles. The molecule has 0 saturated carbocycles. The molecular weight excluding hydrogens is 657 g/mol. The van der Waals surface area contributed by atoms with Crippen molar-refractivity contribution in [3.05, 3.63) is 41.0 Å². The van der Waals surface area contributed by atoms with Gasteiger partial charge in [0.05, 0.1) is 28.8 Å². The zero-order valence-corrected chi connectivity index (χ0v) is 31.1. The van der Waals surface area contributed by atoms with E-state index in [1.165, 1.54) is 4.90 Å². The van der Waals surface area contributed by atoms with Crippen LogP contribution >= 0.6 is 11.3 Å². The van der Waals surface area contributed by atoms with Gasteiger partial charge in [0.2, 0.25) is 23.6 Å². The van der Waals surface area contributed by atoms with Gasteiger partial charge in [0.1, 0.15) is 12.1 Å². The van der Waals surface area contributed by atoms with Gasteiger partial charge in [-0.1, -0.05) is 77.1 Å². The van der Waals surface area contributed by atoms with Crippen LogP contribution in [0.2, 0.25) is 0 Å². The molecule has 1 fully saturated rings. The van der Waals surface area contributed by atoms with E-state index in [9.17, 15) is 24.3 Å². The van der Waals surface area contributed by atoms with E-state index in [1.54, 1.807) is 11.3 Å². The summed E-state index contributed by atoms with van der Waals surface area (Å²) >= 11 is 1.58. The molecule has 4 amide bonds. The summed E-state index contributed by atoms with van der Waals surface area (Å²) in [5.41, 5.74) is 15.2. The molecule has 1 aliphatic rings. The van der Waals surface area contributed by atoms with E-state index >= 15 is 0 Å². The van der Waals surface area contributed by atoms with E-state index in [4.69, 9.17) is 16.2 Å². The number of nitrogens with one attached hydrogen (secondary N) is 2. The molecule has 278 valence electrons. The molecule has 50 heavy (non-hydrogen) atoms. The zero-order valence-electron chi connectivity index (χ0n) is 30.2. The van der Waals surface area contributed by atoms with Gasteiger partial charge in [-0.2, -0.15) is 0 Å². The maximum absolute atomic E-state index is 13.9. The molecule has 4 unspecified atom stereocenters. The van der Waals surface area contributed by atoms with E-state index in [-0.39, 0.29) is 49.1 Å². The summed E-state index contributed by atoms with van der Waals surface area (Å²) in [7, 11) is 0. The summed E-state index contributed by atoms with van der Waals surface area (Å²) < 4.78 is 5.59. The molecular formula is C37H58N6O6S. The van der Waals surface area contributed by atoms with Crippen molar-refractivity contribution in [2.24, 2.45) is 16.9 Å². The number of thiazole rings is 1. The highest BCUT2D eigenvalue weighted by Crippen LogP contribution is 2.28. The average molecular weight is 715 g/mol. The number of likely N-dealkylation sites (tertiary alicyclic amines) is 1. The monoisotopic (exact) mass is 714 g/mol. The van der Waals surface area contributed by atoms with Crippen LogP contribution in [0.15, 0.2) is 29.8 Å². The molecule has 4 atom stereocenters. The number of aliphatic hydroxyl groups is 1. The number of unbranched alkanes of at least 4 members (excludes halogenated alkanes) is 6. The minimum atomic E-state index is -0.835. The SMILES string of the molecule is Cc1ncsc1-c1ccc(CNC(=O)C2CC(O)CN2C(=O)C(NC(=O)CCCCCCCCCOCC(N)CCC(N)=O)C(C)(C)C)cc1. The fourth-order valence-electron chi connectivity index (χ4n) is 6.03. The van der Waals surface area contributed by atoms with Crippen LogP contribution in [0.4, 0.5) is 0 Å². The number of nitrogens with zero attached hydrogens (tertiary/aromatic N) is 2. The maximum Gasteiger partial charge on any atom is 0.246 e. The number of ether oxygens (including phenoxy) is 1. The fourth-order valence-corrected chi connectivity index (χ4v) is 6.84. The summed E-state index contributed by atoms with van der Waals surface area (Å²) in [5, 5.41) is 16.4. The first-order valence-corrected chi connectivity index (χ1v) is 18.8. The van der Waals surface area contributed by atoms with Crippen LogP contribution in [0.25, 0.3) is 10.4 Å². The lowest BCUT2D eigenvalue weighted by molar-refractivity contribution is -0.144. The lowest BCUT2D eigenvalue weighted by Crippen LogP contribution is -2.57. The largest absolute Gasteiger partial charge is 0.391 e. The number of amides is 4. The highest BCUT2D eigenvalue weighted by Gasteiger charge is 2.44. The van der Waals surface area contributed by atoms with E-state index in [1.807, 2.05) is 57.5 Å². The van der Waals surface area contributed by atoms with Crippen LogP contribution in [0.3, 0.4) is 0 Å². The van der Waals surface area contributed by atoms with Gasteiger partial charge in [-0.15, -0.1) is 11.3 Å². The number of carbonyl (C=O) groups is 4. The number of carbonyl (C=O) groups excluding carboxylic acids is 4. The highest BCUT2D eigenvalue weighted by atomic mass is 32.1. The number of benzene rings is 1. The zero-order chi connectivity index (χ0) is 36.7. The molecule has 1 aromatic heterocycles. The molecule has 12 nitrogen and oxygen atoms in total. The highest BCUT2D eigenvalue weighted by molar-refractivity contribution is 7.13. The van der Waals surface area contributed by atoms with Gasteiger partial charge in [0, 0.05) is 45.0 Å². The van der Waals surface area contributed by atoms with Crippen molar-refractivity contribution in [1.29, 1.82) is 0 Å². The topological polar surface area (TPSA) is 190 Å². The summed E-state index contributed by atoms with van der Waals surface area (Å²) in [4.78, 5) is 57.8. The molecule has 13 heteroatoms. The normalized spacial score (nSPS) is 17.4. The molecule has 1 aromatic carbocycles. The van der Waals surface area contributed by atoms with Crippen LogP contribution in [0, 0.1) is 12.3 Å². The summed E-state index contributed by atoms with van der Waals surface area (Å²) in [6.45, 7) is 9.04. The van der Waals surface area contributed by atoms with Crippen molar-refractivity contribution in [3.8, 4) is 10.4 Å². The maximum atomic E-state index is 13.9. The van der Waals surface area contributed by atoms with Crippen LogP contribution < -0.4 is 22.1 Å². The first-order chi connectivity index (χ1) is 23.8. The van der Waals surface area contributed by atoms with Crippen molar-refractivity contribution in [3.63, 3.8) is 0 Å². The minimum Gasteiger partial charge on any atom is -0.391 e. The number of aliphatic hydroxyl groups excluding tert-OH is 1. The molecule has 0 spiro atoms. The van der Waals surface area contributed by atoms with E-state index in [0.29, 0.717) is 32.6 Å². The Labute approximate surface area is 301 Å². The number of aromatic nitrogens is 1. The second kappa shape index (κ2) is 20.5. The second-order valence-electron chi connectivity index (χ2n) is 14.5. The standard InChI is InChI=1S/C37H58N6O6S/c1-25-33(50-24-41-25)27-15-13-26(14-16-27)21-40-35(47)30-20-29(44)22-43(30)36(48)34(37(2,3)4)42-32(46)12-10-8-6-5-7-9-11-19-49-23-28(38)17-18-31(39)45/h13-16,24,28-30,34,44H,5-12,17-23,38H2,1-4H3,(H2,39,45)(H,40,47)(H,42,46). The first kappa shape index (κ1) is 41.0. The average Bonchev–Trinajstić information content (AvgIpc) is 3.68. The second-order valence-corrected chi connectivity index (χ2v) is 15.4. The van der Waals surface area contributed by atoms with Gasteiger partial charge in [-0.05, 0) is 42.7 Å². The Morgan fingerprint density at radius 3 is 2.32 bits per heavy atom. The summed E-state index contributed by atoms with van der Waals surface area (Å²) in [6.07, 6.45) is 7.27. The third-order valence-electron chi connectivity index (χ3n) is 9.00. The van der Waals surface area contributed by atoms with E-state index in [0.717, 1.165) is 66.6 Å². The summed E-state index contributed by atoms with van der Waals surface area (Å²) in [5.74, 6) is -1.23. The Hall–Kier alpha value is -3.39. The van der Waals surface area contributed by atoms with Crippen LogP contribution in [0.5, 0.6) is 0 Å². The predicted octanol–water partition coefficient (Wildman–Crippen LogP) is 3.96. The van der Waals surface area contributed by atoms with Crippen molar-refractivity contribution < 1.29 is 29.0 Å². The number of nitrogens with two attached hydrogens (primary N) is 2. The fraction of sp³-hybridized carbons (Fsp3) is 0.649. The number of β-amino-alcohol motifs (C(OH)–C–C–N with tert-alkyl or cyclic N) is 1. The van der Waals surface area contributed by atoms with Crippen molar-refractivity contribution in [1.82, 2.24) is 20.5 Å². The van der Waals surface area contributed by atoms with Gasteiger partial charge in [0.25, 0.3) is 0 Å². The molecule has 2 heterocycles. The molecule has 2 aromatic rings. The smallest absolute Gasteiger partial charge is 0.246 e. The number of hydrogen-bond donors (Lipinski definition) is 5. The molecule has 3 rings (SSSR count). The molecule has 0 aliphatic carbocycles. The molecule has 0 bridgehead atoms. The lowest BCUT2D eigenvalue weighted by atomic mass is 9.85. The Balaban J connectivity index is 1.38. The van der Waals surface area contributed by atoms with Gasteiger partial charge >= 0.3 is 0 Å². The molecule has 7 N–H and O–H groups in total. The Bertz CT molecular complexity index is 1380. The third-order valence-corrected chi connectivity index (χ3v) is 9.98. The quantitative estimate of drug-likeness (QED) is 0.120. The Morgan fingerprint density at radius 2 is 1.70 bits per heavy atom. The number of aryl methyl sites for hydroxylation is 1. The number of hydrogen-bond acceptors (Lipinski definition) is 9. The van der Waals surface area contributed by atoms with Gasteiger partial charge in [-0.3, -0.25) is 19.2 Å². The van der Waals surface area contributed by atoms with Crippen LogP contribution in [-0.4, -0.2) is 82.6 Å². The first-order valence-electron chi connectivity index (χ1n) is 17.9. The van der Waals surface area contributed by atoms with Crippen molar-refractivity contribution >= 4 is 35.0 Å².